The fraction of sp³-hybridized carbons (Fsp3) is 0.0952. The van der Waals surface area contributed by atoms with Crippen molar-refractivity contribution in [1.82, 2.24) is 15.0 Å². The number of nitrogens with zero attached hydrogens (tertiary/aromatic N) is 3. The summed E-state index contributed by atoms with van der Waals surface area (Å²) in [7, 11) is -9.16. The van der Waals surface area contributed by atoms with E-state index in [0.29, 0.717) is 33.7 Å². The van der Waals surface area contributed by atoms with Crippen LogP contribution in [0.4, 0.5) is 29.2 Å². The van der Waals surface area contributed by atoms with Crippen molar-refractivity contribution in [1.29, 1.82) is 0 Å². The smallest absolute Gasteiger partial charge is 0.748 e. The number of rotatable bonds is 12. The Balaban J connectivity index is 0.00000294. The zero-order valence-electron chi connectivity index (χ0n) is 22.4. The third-order valence-electron chi connectivity index (χ3n) is 4.90. The summed E-state index contributed by atoms with van der Waals surface area (Å²) < 4.78 is 71.8. The van der Waals surface area contributed by atoms with E-state index in [-0.39, 0.29) is 123 Å². The Kier molecular flexibility index (Phi) is 16.7. The van der Waals surface area contributed by atoms with Crippen molar-refractivity contribution in [2.45, 2.75) is 9.79 Å². The van der Waals surface area contributed by atoms with Crippen molar-refractivity contribution in [3.63, 3.8) is 0 Å². The summed E-state index contributed by atoms with van der Waals surface area (Å²) in [5.74, 6) is -0.693. The molecule has 0 radical (unpaired) electrons. The third kappa shape index (κ3) is 12.1. The van der Waals surface area contributed by atoms with Crippen LogP contribution in [0, 0.1) is 0 Å². The molecular formula is C21H17N6Na3O9S3. The average molecular weight is 663 g/mol. The van der Waals surface area contributed by atoms with Gasteiger partial charge >= 0.3 is 88.7 Å². The number of hydrogen-bond acceptors (Lipinski definition) is 16. The summed E-state index contributed by atoms with van der Waals surface area (Å²) in [6.07, 6.45) is 0. The molecule has 0 unspecified atom stereocenters. The second kappa shape index (κ2) is 17.8. The van der Waals surface area contributed by atoms with Gasteiger partial charge in [0.2, 0.25) is 17.8 Å². The van der Waals surface area contributed by atoms with E-state index in [2.05, 4.69) is 40.3 Å². The summed E-state index contributed by atoms with van der Waals surface area (Å²) in [5.41, 5.74) is 0.972. The molecule has 0 amide bonds. The van der Waals surface area contributed by atoms with Gasteiger partial charge in [-0.1, -0.05) is 18.2 Å². The van der Waals surface area contributed by atoms with Gasteiger partial charge in [0.05, 0.1) is 32.8 Å². The van der Waals surface area contributed by atoms with E-state index in [9.17, 15) is 31.2 Å². The summed E-state index contributed by atoms with van der Waals surface area (Å²) in [4.78, 5) is 12.9. The second-order valence-corrected chi connectivity index (χ2v) is 11.3. The van der Waals surface area contributed by atoms with E-state index in [1.807, 2.05) is 0 Å². The second-order valence-electron chi connectivity index (χ2n) is 7.63. The maximum absolute atomic E-state index is 11.6. The topological polar surface area (TPSA) is 231 Å². The predicted octanol–water partition coefficient (Wildman–Crippen LogP) is -7.38. The Morgan fingerprint density at radius 3 is 1.98 bits per heavy atom. The summed E-state index contributed by atoms with van der Waals surface area (Å²) in [6, 6.07) is 15.4. The molecule has 21 heteroatoms. The van der Waals surface area contributed by atoms with Crippen molar-refractivity contribution in [3.05, 3.63) is 60.7 Å². The molecule has 0 spiro atoms. The fourth-order valence-electron chi connectivity index (χ4n) is 3.31. The first-order valence-electron chi connectivity index (χ1n) is 10.7. The largest absolute Gasteiger partial charge is 1.00 e. The first kappa shape index (κ1) is 39.4. The van der Waals surface area contributed by atoms with Gasteiger partial charge in [-0.3, -0.25) is 5.04 Å². The molecule has 0 aliphatic heterocycles. The van der Waals surface area contributed by atoms with E-state index in [1.165, 1.54) is 24.3 Å². The zero-order valence-corrected chi connectivity index (χ0v) is 30.9. The van der Waals surface area contributed by atoms with Gasteiger partial charge in [0, 0.05) is 22.8 Å². The zero-order chi connectivity index (χ0) is 28.0. The van der Waals surface area contributed by atoms with Crippen LogP contribution in [0.5, 0.6) is 0 Å². The molecule has 0 atom stereocenters. The molecule has 0 saturated heterocycles. The molecule has 42 heavy (non-hydrogen) atoms. The Hall–Kier alpha value is -0.620. The van der Waals surface area contributed by atoms with E-state index in [0.717, 1.165) is 0 Å². The molecule has 3 N–H and O–H groups in total. The van der Waals surface area contributed by atoms with Gasteiger partial charge in [0.1, 0.15) is 10.1 Å². The number of hydrogen-bond donors (Lipinski definition) is 3. The summed E-state index contributed by atoms with van der Waals surface area (Å²) in [6.45, 7) is -0.259. The first-order chi connectivity index (χ1) is 18.5. The molecule has 4 rings (SSSR count). The quantitative estimate of drug-likeness (QED) is 0.0421. The Morgan fingerprint density at radius 2 is 1.38 bits per heavy atom. The van der Waals surface area contributed by atoms with Crippen molar-refractivity contribution >= 4 is 72.3 Å². The van der Waals surface area contributed by atoms with Crippen LogP contribution in [0.1, 0.15) is 0 Å². The minimum atomic E-state index is -4.68. The molecule has 15 nitrogen and oxygen atoms in total. The number of aromatic nitrogens is 3. The van der Waals surface area contributed by atoms with Crippen LogP contribution in [0.2, 0.25) is 0 Å². The third-order valence-corrected chi connectivity index (χ3v) is 7.09. The van der Waals surface area contributed by atoms with Gasteiger partial charge in [-0.2, -0.15) is 19.3 Å². The number of fused-ring (bicyclic) bond motifs is 1. The first-order valence-corrected chi connectivity index (χ1v) is 14.4. The number of nitrogens with one attached hydrogen (secondary N) is 3. The molecule has 1 heterocycles. The van der Waals surface area contributed by atoms with Crippen molar-refractivity contribution in [3.8, 4) is 0 Å². The van der Waals surface area contributed by atoms with Crippen molar-refractivity contribution < 1.29 is 129 Å². The monoisotopic (exact) mass is 662 g/mol. The molecule has 0 aliphatic carbocycles. The maximum Gasteiger partial charge on any atom is 1.00 e. The van der Waals surface area contributed by atoms with Crippen LogP contribution < -0.4 is 110 Å². The van der Waals surface area contributed by atoms with Crippen LogP contribution in [0.3, 0.4) is 0 Å². The van der Waals surface area contributed by atoms with Gasteiger partial charge in [0.15, 0.2) is 0 Å². The van der Waals surface area contributed by atoms with Crippen molar-refractivity contribution in [2.24, 2.45) is 0 Å². The van der Waals surface area contributed by atoms with Gasteiger partial charge in [0.25, 0.3) is 0 Å². The normalized spacial score (nSPS) is 11.0. The van der Waals surface area contributed by atoms with Gasteiger partial charge in [-0.15, -0.1) is 0 Å². The van der Waals surface area contributed by atoms with Gasteiger partial charge < -0.3 is 30.3 Å². The Morgan fingerprint density at radius 1 is 0.786 bits per heavy atom. The van der Waals surface area contributed by atoms with Crippen LogP contribution in [0.15, 0.2) is 70.5 Å². The maximum atomic E-state index is 11.6. The van der Waals surface area contributed by atoms with E-state index in [4.69, 9.17) is 0 Å². The standard InChI is InChI=1S/C21H20N6O9S3.3Na/c28-35-36-37-16-7-4-14(5-8-16)23-20-25-19(22-10-11-38(29,30)31)26-21(27-20)24-15-6-9-17-13(12-15)2-1-3-18(17)39(32,33)34;;;/h1-9,12,28H,10-11H2,(H,29,30,31)(H,32,33,34)(H3,22,23,24,25,26,27);;;/q;3*+1/p-3. The molecule has 0 aliphatic rings. The van der Waals surface area contributed by atoms with Crippen LogP contribution in [-0.4, -0.2) is 53.2 Å². The Bertz CT molecular complexity index is 1700. The molecule has 4 aromatic rings. The van der Waals surface area contributed by atoms with Crippen LogP contribution in [0.25, 0.3) is 10.8 Å². The fourth-order valence-corrected chi connectivity index (χ4v) is 4.72. The van der Waals surface area contributed by atoms with Crippen LogP contribution >= 0.6 is 12.0 Å². The van der Waals surface area contributed by atoms with E-state index < -0.39 is 26.0 Å². The molecule has 206 valence electrons. The molecule has 0 fully saturated rings. The predicted molar refractivity (Wildman–Crippen MR) is 136 cm³/mol. The minimum absolute atomic E-state index is 0. The molecular weight excluding hydrogens is 645 g/mol. The van der Waals surface area contributed by atoms with Crippen molar-refractivity contribution in [2.75, 3.05) is 28.2 Å². The summed E-state index contributed by atoms with van der Waals surface area (Å²) >= 11 is 0.706. The SMILES string of the molecule is O=S(=O)([O-])CCNc1nc(Nc2ccc(SOO[O-])cc2)nc(Nc2ccc3c(S(=O)(=O)[O-])cccc3c2)n1.[Na+].[Na+].[Na+]. The average Bonchev–Trinajstić information content (AvgIpc) is 2.86. The van der Waals surface area contributed by atoms with Crippen LogP contribution in [-0.2, 0) is 29.6 Å². The molecule has 3 aromatic carbocycles. The molecule has 0 bridgehead atoms. The van der Waals surface area contributed by atoms with Gasteiger partial charge in [-0.25, -0.2) is 16.8 Å². The summed E-state index contributed by atoms with van der Waals surface area (Å²) in [5, 5.41) is 22.5. The minimum Gasteiger partial charge on any atom is -0.748 e. The number of benzene rings is 3. The molecule has 0 saturated carbocycles. The molecule has 1 aromatic heterocycles. The Labute approximate surface area is 311 Å². The number of anilines is 5. The van der Waals surface area contributed by atoms with E-state index >= 15 is 0 Å². The van der Waals surface area contributed by atoms with E-state index in [1.54, 1.807) is 36.4 Å². The van der Waals surface area contributed by atoms with Gasteiger partial charge in [-0.05, 0) is 53.2 Å².